The molecule has 8 heteroatoms. The summed E-state index contributed by atoms with van der Waals surface area (Å²) in [7, 11) is -2.33. The summed E-state index contributed by atoms with van der Waals surface area (Å²) in [5.74, 6) is -1.03. The van der Waals surface area contributed by atoms with Gasteiger partial charge in [-0.1, -0.05) is 43.2 Å². The Bertz CT molecular complexity index is 639. The Labute approximate surface area is 156 Å². The molecule has 0 aromatic heterocycles. The van der Waals surface area contributed by atoms with E-state index in [-0.39, 0.29) is 32.0 Å². The third-order valence-electron chi connectivity index (χ3n) is 4.53. The van der Waals surface area contributed by atoms with E-state index < -0.39 is 27.2 Å². The van der Waals surface area contributed by atoms with Crippen molar-refractivity contribution in [2.24, 2.45) is 11.7 Å². The van der Waals surface area contributed by atoms with E-state index in [0.717, 1.165) is 18.4 Å². The number of methoxy groups -OCH3 is 1. The number of halogens is 1. The van der Waals surface area contributed by atoms with Crippen molar-refractivity contribution >= 4 is 28.4 Å². The van der Waals surface area contributed by atoms with Crippen LogP contribution in [0.25, 0.3) is 0 Å². The molecule has 0 bridgehead atoms. The van der Waals surface area contributed by atoms with Crippen molar-refractivity contribution in [3.05, 3.63) is 35.9 Å². The van der Waals surface area contributed by atoms with Crippen LogP contribution in [-0.2, 0) is 26.1 Å². The van der Waals surface area contributed by atoms with Gasteiger partial charge in [-0.3, -0.25) is 4.79 Å². The molecule has 2 rings (SSSR count). The van der Waals surface area contributed by atoms with E-state index in [1.165, 1.54) is 11.4 Å². The number of rotatable bonds is 7. The number of hydrogen-bond acceptors (Lipinski definition) is 5. The van der Waals surface area contributed by atoms with Crippen molar-refractivity contribution in [2.75, 3.05) is 20.2 Å². The van der Waals surface area contributed by atoms with Crippen LogP contribution in [0.3, 0.4) is 0 Å². The summed E-state index contributed by atoms with van der Waals surface area (Å²) in [5.41, 5.74) is 6.53. The number of benzene rings is 1. The molecular formula is C17H27ClN2O4S. The molecule has 1 aliphatic rings. The maximum absolute atomic E-state index is 13.2. The molecule has 1 fully saturated rings. The molecule has 0 spiro atoms. The number of sulfonamides is 1. The van der Waals surface area contributed by atoms with Gasteiger partial charge in [0.25, 0.3) is 0 Å². The average molecular weight is 391 g/mol. The first-order chi connectivity index (χ1) is 11.5. The molecule has 142 valence electrons. The lowest BCUT2D eigenvalue weighted by Crippen LogP contribution is -2.47. The second-order valence-corrected chi connectivity index (χ2v) is 8.26. The number of carbonyl (C=O) groups is 1. The molecule has 6 nitrogen and oxygen atoms in total. The van der Waals surface area contributed by atoms with Gasteiger partial charge < -0.3 is 10.5 Å². The van der Waals surface area contributed by atoms with Gasteiger partial charge in [-0.25, -0.2) is 8.42 Å². The van der Waals surface area contributed by atoms with E-state index in [2.05, 4.69) is 0 Å². The molecule has 0 saturated heterocycles. The Morgan fingerprint density at radius 3 is 2.48 bits per heavy atom. The highest BCUT2D eigenvalue weighted by molar-refractivity contribution is 7.89. The second kappa shape index (κ2) is 10.1. The lowest BCUT2D eigenvalue weighted by Gasteiger charge is -2.33. The largest absolute Gasteiger partial charge is 0.469 e. The smallest absolute Gasteiger partial charge is 0.310 e. The van der Waals surface area contributed by atoms with Crippen LogP contribution in [0.4, 0.5) is 0 Å². The van der Waals surface area contributed by atoms with Crippen LogP contribution in [0.15, 0.2) is 30.3 Å². The van der Waals surface area contributed by atoms with E-state index in [1.807, 2.05) is 30.3 Å². The number of ether oxygens (including phenoxy) is 1. The Hall–Kier alpha value is -1.15. The van der Waals surface area contributed by atoms with Gasteiger partial charge in [-0.15, -0.1) is 12.4 Å². The highest BCUT2D eigenvalue weighted by atomic mass is 35.5. The zero-order valence-corrected chi connectivity index (χ0v) is 16.1. The van der Waals surface area contributed by atoms with Crippen LogP contribution < -0.4 is 5.73 Å². The molecule has 2 unspecified atom stereocenters. The summed E-state index contributed by atoms with van der Waals surface area (Å²) in [4.78, 5) is 12.0. The zero-order chi connectivity index (χ0) is 17.6. The summed E-state index contributed by atoms with van der Waals surface area (Å²) in [5, 5.41) is -0.728. The summed E-state index contributed by atoms with van der Waals surface area (Å²) in [6.07, 6.45) is 2.69. The minimum Gasteiger partial charge on any atom is -0.469 e. The first-order valence-corrected chi connectivity index (χ1v) is 9.81. The number of nitrogens with zero attached hydrogens (tertiary/aromatic N) is 1. The van der Waals surface area contributed by atoms with Gasteiger partial charge in [0.1, 0.15) is 0 Å². The van der Waals surface area contributed by atoms with E-state index in [9.17, 15) is 13.2 Å². The standard InChI is InChI=1S/C17H26N2O4S.ClH/c1-23-17(20)15-9-5-6-10-16(15)24(21,22)19(12-11-18)13-14-7-3-2-4-8-14;/h2-4,7-8,15-16H,5-6,9-13,18H2,1H3;1H. The van der Waals surface area contributed by atoms with Crippen molar-refractivity contribution in [3.63, 3.8) is 0 Å². The summed E-state index contributed by atoms with van der Waals surface area (Å²) in [6, 6.07) is 9.41. The normalized spacial score (nSPS) is 20.8. The van der Waals surface area contributed by atoms with Crippen molar-refractivity contribution < 1.29 is 17.9 Å². The fourth-order valence-corrected chi connectivity index (χ4v) is 5.49. The lowest BCUT2D eigenvalue weighted by molar-refractivity contribution is -0.146. The second-order valence-electron chi connectivity index (χ2n) is 6.11. The Kier molecular flexibility index (Phi) is 8.85. The van der Waals surface area contributed by atoms with Gasteiger partial charge in [0.05, 0.1) is 18.3 Å². The molecule has 25 heavy (non-hydrogen) atoms. The monoisotopic (exact) mass is 390 g/mol. The van der Waals surface area contributed by atoms with Crippen LogP contribution in [0, 0.1) is 5.92 Å². The van der Waals surface area contributed by atoms with E-state index in [1.54, 1.807) is 0 Å². The highest BCUT2D eigenvalue weighted by Crippen LogP contribution is 2.32. The topological polar surface area (TPSA) is 89.7 Å². The number of esters is 1. The van der Waals surface area contributed by atoms with E-state index >= 15 is 0 Å². The molecule has 0 aliphatic heterocycles. The summed E-state index contributed by atoms with van der Waals surface area (Å²) in [6.45, 7) is 0.744. The van der Waals surface area contributed by atoms with E-state index in [4.69, 9.17) is 10.5 Å². The predicted molar refractivity (Wildman–Crippen MR) is 99.8 cm³/mol. The average Bonchev–Trinajstić information content (AvgIpc) is 2.61. The van der Waals surface area contributed by atoms with E-state index in [0.29, 0.717) is 12.8 Å². The van der Waals surface area contributed by atoms with Crippen LogP contribution in [0.2, 0.25) is 0 Å². The Morgan fingerprint density at radius 1 is 1.24 bits per heavy atom. The number of carbonyl (C=O) groups excluding carboxylic acids is 1. The highest BCUT2D eigenvalue weighted by Gasteiger charge is 2.42. The zero-order valence-electron chi connectivity index (χ0n) is 14.5. The van der Waals surface area contributed by atoms with Gasteiger partial charge in [0, 0.05) is 19.6 Å². The van der Waals surface area contributed by atoms with Crippen molar-refractivity contribution in [1.29, 1.82) is 0 Å². The van der Waals surface area contributed by atoms with Crippen LogP contribution in [0.1, 0.15) is 31.2 Å². The fourth-order valence-electron chi connectivity index (χ4n) is 3.29. The maximum atomic E-state index is 13.2. The predicted octanol–water partition coefficient (Wildman–Crippen LogP) is 1.93. The Balaban J connectivity index is 0.00000312. The minimum absolute atomic E-state index is 0. The third kappa shape index (κ3) is 5.41. The summed E-state index contributed by atoms with van der Waals surface area (Å²) < 4.78 is 32.6. The molecular weight excluding hydrogens is 364 g/mol. The van der Waals surface area contributed by atoms with Crippen molar-refractivity contribution in [2.45, 2.75) is 37.5 Å². The quantitative estimate of drug-likeness (QED) is 0.718. The number of nitrogens with two attached hydrogens (primary N) is 1. The third-order valence-corrected chi connectivity index (χ3v) is 6.89. The molecule has 0 heterocycles. The Morgan fingerprint density at radius 2 is 1.88 bits per heavy atom. The number of hydrogen-bond donors (Lipinski definition) is 1. The van der Waals surface area contributed by atoms with Gasteiger partial charge in [-0.05, 0) is 18.4 Å². The van der Waals surface area contributed by atoms with Crippen LogP contribution in [-0.4, -0.2) is 44.1 Å². The first-order valence-electron chi connectivity index (χ1n) is 8.31. The van der Waals surface area contributed by atoms with Gasteiger partial charge in [0.2, 0.25) is 10.0 Å². The van der Waals surface area contributed by atoms with Gasteiger partial charge in [-0.2, -0.15) is 4.31 Å². The molecule has 0 amide bonds. The first kappa shape index (κ1) is 21.9. The van der Waals surface area contributed by atoms with Gasteiger partial charge >= 0.3 is 5.97 Å². The molecule has 2 N–H and O–H groups in total. The van der Waals surface area contributed by atoms with Crippen LogP contribution in [0.5, 0.6) is 0 Å². The minimum atomic E-state index is -3.64. The fraction of sp³-hybridized carbons (Fsp3) is 0.588. The maximum Gasteiger partial charge on any atom is 0.310 e. The molecule has 1 aromatic carbocycles. The molecule has 1 aromatic rings. The lowest BCUT2D eigenvalue weighted by atomic mass is 9.89. The summed E-state index contributed by atoms with van der Waals surface area (Å²) >= 11 is 0. The van der Waals surface area contributed by atoms with Gasteiger partial charge in [0.15, 0.2) is 0 Å². The van der Waals surface area contributed by atoms with Crippen molar-refractivity contribution in [3.8, 4) is 0 Å². The molecule has 2 atom stereocenters. The SMILES string of the molecule is COC(=O)C1CCCCC1S(=O)(=O)N(CCN)Cc1ccccc1.Cl. The van der Waals surface area contributed by atoms with Crippen molar-refractivity contribution in [1.82, 2.24) is 4.31 Å². The molecule has 0 radical (unpaired) electrons. The van der Waals surface area contributed by atoms with Crippen LogP contribution >= 0.6 is 12.4 Å². The molecule has 1 saturated carbocycles. The molecule has 1 aliphatic carbocycles.